The summed E-state index contributed by atoms with van der Waals surface area (Å²) >= 11 is 1.53. The average Bonchev–Trinajstić information content (AvgIpc) is 2.97. The molecule has 0 spiro atoms. The van der Waals surface area contributed by atoms with Crippen LogP contribution in [0.4, 0.5) is 5.13 Å². The summed E-state index contributed by atoms with van der Waals surface area (Å²) in [5.41, 5.74) is 2.85. The molecule has 0 saturated heterocycles. The maximum absolute atomic E-state index is 12.6. The number of hydrogen-bond donors (Lipinski definition) is 0. The van der Waals surface area contributed by atoms with Crippen LogP contribution in [0.2, 0.25) is 0 Å². The van der Waals surface area contributed by atoms with Crippen molar-refractivity contribution in [3.8, 4) is 0 Å². The van der Waals surface area contributed by atoms with Crippen molar-refractivity contribution in [2.24, 2.45) is 0 Å². The molecule has 1 heterocycles. The third-order valence-electron chi connectivity index (χ3n) is 3.70. The van der Waals surface area contributed by atoms with Crippen LogP contribution in [0.5, 0.6) is 0 Å². The highest BCUT2D eigenvalue weighted by atomic mass is 32.1. The van der Waals surface area contributed by atoms with E-state index in [-0.39, 0.29) is 5.91 Å². The lowest BCUT2D eigenvalue weighted by Crippen LogP contribution is -2.26. The first kappa shape index (κ1) is 14.7. The number of carbonyl (C=O) groups excluding carboxylic acids is 1. The van der Waals surface area contributed by atoms with Crippen LogP contribution in [0, 0.1) is 0 Å². The molecule has 0 atom stereocenters. The zero-order chi connectivity index (χ0) is 15.7. The highest BCUT2D eigenvalue weighted by molar-refractivity contribution is 7.22. The summed E-state index contributed by atoms with van der Waals surface area (Å²) in [6, 6.07) is 15.7. The first-order chi connectivity index (χ1) is 10.6. The molecule has 4 heteroatoms. The summed E-state index contributed by atoms with van der Waals surface area (Å²) < 4.78 is 1.09. The minimum atomic E-state index is -0.0330. The fourth-order valence-corrected chi connectivity index (χ4v) is 3.22. The van der Waals surface area contributed by atoms with E-state index in [9.17, 15) is 4.79 Å². The minimum Gasteiger partial charge on any atom is -0.287 e. The van der Waals surface area contributed by atoms with Gasteiger partial charge in [-0.3, -0.25) is 9.69 Å². The molecule has 0 aliphatic rings. The van der Waals surface area contributed by atoms with Gasteiger partial charge < -0.3 is 0 Å². The van der Waals surface area contributed by atoms with Gasteiger partial charge in [-0.2, -0.15) is 0 Å². The van der Waals surface area contributed by atoms with Crippen molar-refractivity contribution in [1.82, 2.24) is 4.98 Å². The predicted octanol–water partition coefficient (Wildman–Crippen LogP) is 4.70. The zero-order valence-electron chi connectivity index (χ0n) is 12.9. The van der Waals surface area contributed by atoms with Gasteiger partial charge in [0.2, 0.25) is 0 Å². The maximum atomic E-state index is 12.6. The molecule has 112 valence electrons. The van der Waals surface area contributed by atoms with E-state index in [0.29, 0.717) is 11.5 Å². The largest absolute Gasteiger partial charge is 0.287 e. The molecule has 0 unspecified atom stereocenters. The third kappa shape index (κ3) is 2.74. The van der Waals surface area contributed by atoms with Crippen LogP contribution in [-0.4, -0.2) is 17.9 Å². The minimum absolute atomic E-state index is 0.0330. The van der Waals surface area contributed by atoms with Crippen LogP contribution in [-0.2, 0) is 0 Å². The molecule has 0 aliphatic heterocycles. The van der Waals surface area contributed by atoms with Crippen LogP contribution in [0.1, 0.15) is 35.7 Å². The molecule has 0 N–H and O–H groups in total. The number of amides is 1. The van der Waals surface area contributed by atoms with E-state index >= 15 is 0 Å². The van der Waals surface area contributed by atoms with E-state index in [4.69, 9.17) is 0 Å². The fraction of sp³-hybridized carbons (Fsp3) is 0.222. The zero-order valence-corrected chi connectivity index (χ0v) is 13.7. The molecule has 1 amide bonds. The van der Waals surface area contributed by atoms with Crippen molar-refractivity contribution in [2.75, 3.05) is 11.9 Å². The van der Waals surface area contributed by atoms with Gasteiger partial charge in [-0.25, -0.2) is 4.98 Å². The van der Waals surface area contributed by atoms with Crippen molar-refractivity contribution < 1.29 is 4.79 Å². The Morgan fingerprint density at radius 2 is 1.77 bits per heavy atom. The Morgan fingerprint density at radius 1 is 1.09 bits per heavy atom. The van der Waals surface area contributed by atoms with E-state index in [1.807, 2.05) is 48.5 Å². The first-order valence-corrected chi connectivity index (χ1v) is 8.11. The van der Waals surface area contributed by atoms with Gasteiger partial charge in [0.15, 0.2) is 5.13 Å². The Labute approximate surface area is 134 Å². The summed E-state index contributed by atoms with van der Waals surface area (Å²) in [6.45, 7) is 4.29. The number of fused-ring (bicyclic) bond motifs is 1. The highest BCUT2D eigenvalue weighted by Crippen LogP contribution is 2.28. The van der Waals surface area contributed by atoms with Gasteiger partial charge in [0.1, 0.15) is 0 Å². The molecule has 3 aromatic rings. The molecule has 3 nitrogen and oxygen atoms in total. The molecular formula is C18H18N2OS. The summed E-state index contributed by atoms with van der Waals surface area (Å²) in [5, 5.41) is 0.721. The lowest BCUT2D eigenvalue weighted by atomic mass is 10.0. The maximum Gasteiger partial charge on any atom is 0.259 e. The fourth-order valence-electron chi connectivity index (χ4n) is 2.29. The highest BCUT2D eigenvalue weighted by Gasteiger charge is 2.17. The molecule has 22 heavy (non-hydrogen) atoms. The van der Waals surface area contributed by atoms with Crippen LogP contribution in [0.3, 0.4) is 0 Å². The molecule has 1 aromatic heterocycles. The second kappa shape index (κ2) is 5.89. The molecular weight excluding hydrogens is 292 g/mol. The number of rotatable bonds is 3. The van der Waals surface area contributed by atoms with E-state index < -0.39 is 0 Å². The third-order valence-corrected chi connectivity index (χ3v) is 4.81. The quantitative estimate of drug-likeness (QED) is 0.702. The van der Waals surface area contributed by atoms with Gasteiger partial charge in [0.25, 0.3) is 5.91 Å². The summed E-state index contributed by atoms with van der Waals surface area (Å²) in [4.78, 5) is 18.7. The Kier molecular flexibility index (Phi) is 3.94. The molecule has 0 aliphatic carbocycles. The van der Waals surface area contributed by atoms with Gasteiger partial charge in [-0.1, -0.05) is 49.4 Å². The second-order valence-electron chi connectivity index (χ2n) is 5.61. The van der Waals surface area contributed by atoms with Crippen LogP contribution in [0.15, 0.2) is 48.5 Å². The Hall–Kier alpha value is -2.20. The number of hydrogen-bond acceptors (Lipinski definition) is 3. The predicted molar refractivity (Wildman–Crippen MR) is 92.9 cm³/mol. The van der Waals surface area contributed by atoms with E-state index in [1.54, 1.807) is 11.9 Å². The number of carbonyl (C=O) groups is 1. The molecule has 3 rings (SSSR count). The Balaban J connectivity index is 1.87. The Morgan fingerprint density at radius 3 is 2.41 bits per heavy atom. The molecule has 0 bridgehead atoms. The van der Waals surface area contributed by atoms with Gasteiger partial charge in [0, 0.05) is 12.6 Å². The van der Waals surface area contributed by atoms with E-state index in [1.165, 1.54) is 16.9 Å². The monoisotopic (exact) mass is 310 g/mol. The van der Waals surface area contributed by atoms with Crippen molar-refractivity contribution in [2.45, 2.75) is 19.8 Å². The standard InChI is InChI=1S/C18H18N2OS/c1-12(2)13-8-10-14(11-9-13)17(21)20(3)18-19-15-6-4-5-7-16(15)22-18/h4-12H,1-3H3. The van der Waals surface area contributed by atoms with Crippen LogP contribution in [0.25, 0.3) is 10.2 Å². The number of thiazole rings is 1. The van der Waals surface area contributed by atoms with Gasteiger partial charge in [-0.05, 0) is 35.7 Å². The lowest BCUT2D eigenvalue weighted by molar-refractivity contribution is 0.0993. The van der Waals surface area contributed by atoms with Crippen molar-refractivity contribution in [3.05, 3.63) is 59.7 Å². The first-order valence-electron chi connectivity index (χ1n) is 7.30. The molecule has 0 saturated carbocycles. The SMILES string of the molecule is CC(C)c1ccc(C(=O)N(C)c2nc3ccccc3s2)cc1. The second-order valence-corrected chi connectivity index (χ2v) is 6.61. The Bertz CT molecular complexity index is 772. The molecule has 2 aromatic carbocycles. The van der Waals surface area contributed by atoms with Crippen molar-refractivity contribution in [3.63, 3.8) is 0 Å². The normalized spacial score (nSPS) is 11.1. The van der Waals surface area contributed by atoms with Crippen molar-refractivity contribution in [1.29, 1.82) is 0 Å². The molecule has 0 radical (unpaired) electrons. The van der Waals surface area contributed by atoms with Crippen molar-refractivity contribution >= 4 is 32.6 Å². The van der Waals surface area contributed by atoms with Crippen LogP contribution < -0.4 is 4.90 Å². The number of benzene rings is 2. The average molecular weight is 310 g/mol. The van der Waals surface area contributed by atoms with Gasteiger partial charge in [-0.15, -0.1) is 0 Å². The number of aromatic nitrogens is 1. The van der Waals surface area contributed by atoms with E-state index in [0.717, 1.165) is 15.3 Å². The van der Waals surface area contributed by atoms with Gasteiger partial charge in [0.05, 0.1) is 10.2 Å². The lowest BCUT2D eigenvalue weighted by Gasteiger charge is -2.14. The topological polar surface area (TPSA) is 33.2 Å². The number of anilines is 1. The summed E-state index contributed by atoms with van der Waals surface area (Å²) in [7, 11) is 1.77. The summed E-state index contributed by atoms with van der Waals surface area (Å²) in [6.07, 6.45) is 0. The smallest absolute Gasteiger partial charge is 0.259 e. The summed E-state index contributed by atoms with van der Waals surface area (Å²) in [5.74, 6) is 0.431. The van der Waals surface area contributed by atoms with Gasteiger partial charge >= 0.3 is 0 Å². The number of nitrogens with zero attached hydrogens (tertiary/aromatic N) is 2. The molecule has 0 fully saturated rings. The van der Waals surface area contributed by atoms with Crippen LogP contribution >= 0.6 is 11.3 Å². The van der Waals surface area contributed by atoms with E-state index in [2.05, 4.69) is 18.8 Å². The number of para-hydroxylation sites is 1.